The van der Waals surface area contributed by atoms with Crippen molar-refractivity contribution < 1.29 is 0 Å². The third-order valence-electron chi connectivity index (χ3n) is 3.07. The van der Waals surface area contributed by atoms with E-state index in [0.29, 0.717) is 6.54 Å². The number of anilines is 1. The number of nitrogens with zero attached hydrogens (tertiary/aromatic N) is 4. The molecule has 2 rings (SSSR count). The van der Waals surface area contributed by atoms with Crippen LogP contribution in [0.1, 0.15) is 11.4 Å². The van der Waals surface area contributed by atoms with Crippen LogP contribution in [0.15, 0.2) is 0 Å². The minimum Gasteiger partial charge on any atom is -0.366 e. The highest BCUT2D eigenvalue weighted by Crippen LogP contribution is 2.22. The van der Waals surface area contributed by atoms with E-state index in [4.69, 9.17) is 5.26 Å². The summed E-state index contributed by atoms with van der Waals surface area (Å²) in [7, 11) is 0. The van der Waals surface area contributed by atoms with Crippen LogP contribution >= 0.6 is 0 Å². The predicted octanol–water partition coefficient (Wildman–Crippen LogP) is 0.672. The van der Waals surface area contributed by atoms with Gasteiger partial charge in [-0.2, -0.15) is 10.4 Å². The highest BCUT2D eigenvalue weighted by Gasteiger charge is 2.20. The first-order valence-corrected chi connectivity index (χ1v) is 5.58. The van der Waals surface area contributed by atoms with Gasteiger partial charge in [-0.15, -0.1) is 0 Å². The van der Waals surface area contributed by atoms with E-state index in [1.54, 1.807) is 0 Å². The lowest BCUT2D eigenvalue weighted by atomic mass is 10.2. The van der Waals surface area contributed by atoms with Gasteiger partial charge in [0.05, 0.1) is 29.7 Å². The number of aryl methyl sites for hydroxylation is 2. The van der Waals surface area contributed by atoms with Crippen molar-refractivity contribution in [1.29, 1.82) is 5.26 Å². The van der Waals surface area contributed by atoms with E-state index in [1.165, 1.54) is 5.69 Å². The highest BCUT2D eigenvalue weighted by atomic mass is 15.3. The second kappa shape index (κ2) is 4.54. The third kappa shape index (κ3) is 2.02. The predicted molar refractivity (Wildman–Crippen MR) is 62.3 cm³/mol. The van der Waals surface area contributed by atoms with Crippen molar-refractivity contribution in [3.05, 3.63) is 11.4 Å². The zero-order valence-corrected chi connectivity index (χ0v) is 9.82. The highest BCUT2D eigenvalue weighted by molar-refractivity contribution is 5.54. The molecule has 0 saturated carbocycles. The van der Waals surface area contributed by atoms with Crippen molar-refractivity contribution in [2.45, 2.75) is 13.8 Å². The van der Waals surface area contributed by atoms with Gasteiger partial charge in [-0.3, -0.25) is 10.00 Å². The first-order valence-electron chi connectivity index (χ1n) is 5.58. The summed E-state index contributed by atoms with van der Waals surface area (Å²) < 4.78 is 0. The monoisotopic (exact) mass is 219 g/mol. The standard InChI is InChI=1S/C11H17N5/c1-9-11(10(2)14-13-9)16-7-5-15(4-3-12)6-8-16/h4-8H2,1-2H3,(H,13,14). The topological polar surface area (TPSA) is 59.0 Å². The van der Waals surface area contributed by atoms with Crippen LogP contribution in [0.25, 0.3) is 0 Å². The number of aromatic amines is 1. The summed E-state index contributed by atoms with van der Waals surface area (Å²) >= 11 is 0. The van der Waals surface area contributed by atoms with Crippen LogP contribution in [-0.4, -0.2) is 47.8 Å². The Morgan fingerprint density at radius 3 is 2.50 bits per heavy atom. The smallest absolute Gasteiger partial charge is 0.0867 e. The van der Waals surface area contributed by atoms with Crippen LogP contribution < -0.4 is 4.90 Å². The molecule has 0 aromatic carbocycles. The van der Waals surface area contributed by atoms with Crippen LogP contribution in [0, 0.1) is 25.2 Å². The number of H-pyrrole nitrogens is 1. The van der Waals surface area contributed by atoms with E-state index >= 15 is 0 Å². The summed E-state index contributed by atoms with van der Waals surface area (Å²) in [6.07, 6.45) is 0. The third-order valence-corrected chi connectivity index (χ3v) is 3.07. The van der Waals surface area contributed by atoms with Crippen molar-refractivity contribution in [3.63, 3.8) is 0 Å². The number of rotatable bonds is 2. The maximum atomic E-state index is 8.64. The fraction of sp³-hybridized carbons (Fsp3) is 0.636. The van der Waals surface area contributed by atoms with Crippen molar-refractivity contribution in [3.8, 4) is 6.07 Å². The number of hydrogen-bond donors (Lipinski definition) is 1. The zero-order chi connectivity index (χ0) is 11.5. The first kappa shape index (κ1) is 11.0. The Bertz CT molecular complexity index is 375. The van der Waals surface area contributed by atoms with Gasteiger partial charge in [-0.25, -0.2) is 0 Å². The Kier molecular flexibility index (Phi) is 3.11. The molecule has 2 heterocycles. The van der Waals surface area contributed by atoms with Gasteiger partial charge < -0.3 is 4.90 Å². The molecule has 0 radical (unpaired) electrons. The van der Waals surface area contributed by atoms with Crippen LogP contribution in [0.4, 0.5) is 5.69 Å². The molecule has 1 N–H and O–H groups in total. The Hall–Kier alpha value is -1.54. The molecule has 0 aliphatic carbocycles. The largest absolute Gasteiger partial charge is 0.366 e. The molecule has 0 unspecified atom stereocenters. The second-order valence-electron chi connectivity index (χ2n) is 4.20. The van der Waals surface area contributed by atoms with Crippen LogP contribution in [0.3, 0.4) is 0 Å². The average Bonchev–Trinajstić information content (AvgIpc) is 2.61. The fourth-order valence-corrected chi connectivity index (χ4v) is 2.24. The fourth-order valence-electron chi connectivity index (χ4n) is 2.24. The minimum absolute atomic E-state index is 0.539. The maximum absolute atomic E-state index is 8.64. The zero-order valence-electron chi connectivity index (χ0n) is 9.82. The summed E-state index contributed by atoms with van der Waals surface area (Å²) in [5, 5.41) is 15.9. The summed E-state index contributed by atoms with van der Waals surface area (Å²) in [5.41, 5.74) is 3.43. The van der Waals surface area contributed by atoms with Gasteiger partial charge in [0.2, 0.25) is 0 Å². The molecule has 1 aromatic heterocycles. The van der Waals surface area contributed by atoms with E-state index in [0.717, 1.165) is 37.6 Å². The van der Waals surface area contributed by atoms with E-state index in [2.05, 4.69) is 33.0 Å². The quantitative estimate of drug-likeness (QED) is 0.743. The molecule has 86 valence electrons. The van der Waals surface area contributed by atoms with Gasteiger partial charge in [-0.1, -0.05) is 0 Å². The normalized spacial score (nSPS) is 17.4. The second-order valence-corrected chi connectivity index (χ2v) is 4.20. The molecular weight excluding hydrogens is 202 g/mol. The minimum atomic E-state index is 0.539. The van der Waals surface area contributed by atoms with E-state index in [9.17, 15) is 0 Å². The van der Waals surface area contributed by atoms with Crippen LogP contribution in [0.5, 0.6) is 0 Å². The van der Waals surface area contributed by atoms with E-state index < -0.39 is 0 Å². The van der Waals surface area contributed by atoms with Crippen LogP contribution in [-0.2, 0) is 0 Å². The van der Waals surface area contributed by atoms with Crippen molar-refractivity contribution in [2.24, 2.45) is 0 Å². The molecule has 1 aliphatic rings. The average molecular weight is 219 g/mol. The molecule has 1 aromatic rings. The molecule has 1 aliphatic heterocycles. The molecule has 0 amide bonds. The Morgan fingerprint density at radius 2 is 2.00 bits per heavy atom. The Morgan fingerprint density at radius 1 is 1.31 bits per heavy atom. The summed E-state index contributed by atoms with van der Waals surface area (Å²) in [6, 6.07) is 2.20. The lowest BCUT2D eigenvalue weighted by molar-refractivity contribution is 0.287. The number of nitriles is 1. The van der Waals surface area contributed by atoms with Crippen molar-refractivity contribution >= 4 is 5.69 Å². The number of nitrogens with one attached hydrogen (secondary N) is 1. The van der Waals surface area contributed by atoms with Gasteiger partial charge in [0.25, 0.3) is 0 Å². The lowest BCUT2D eigenvalue weighted by Gasteiger charge is -2.34. The van der Waals surface area contributed by atoms with Crippen molar-refractivity contribution in [1.82, 2.24) is 15.1 Å². The first-order chi connectivity index (χ1) is 7.72. The molecule has 0 atom stereocenters. The van der Waals surface area contributed by atoms with Gasteiger partial charge in [0, 0.05) is 26.2 Å². The van der Waals surface area contributed by atoms with Gasteiger partial charge in [-0.05, 0) is 13.8 Å². The number of aromatic nitrogens is 2. The molecular formula is C11H17N5. The van der Waals surface area contributed by atoms with E-state index in [1.807, 2.05) is 6.92 Å². The maximum Gasteiger partial charge on any atom is 0.0867 e. The Balaban J connectivity index is 2.02. The van der Waals surface area contributed by atoms with Gasteiger partial charge in [0.1, 0.15) is 0 Å². The molecule has 5 heteroatoms. The summed E-state index contributed by atoms with van der Waals surface area (Å²) in [5.74, 6) is 0. The number of piperazine rings is 1. The summed E-state index contributed by atoms with van der Waals surface area (Å²) in [6.45, 7) is 8.48. The lowest BCUT2D eigenvalue weighted by Crippen LogP contribution is -2.46. The van der Waals surface area contributed by atoms with Gasteiger partial charge >= 0.3 is 0 Å². The molecule has 0 bridgehead atoms. The molecule has 0 spiro atoms. The van der Waals surface area contributed by atoms with Crippen LogP contribution in [0.2, 0.25) is 0 Å². The van der Waals surface area contributed by atoms with E-state index in [-0.39, 0.29) is 0 Å². The molecule has 5 nitrogen and oxygen atoms in total. The molecule has 16 heavy (non-hydrogen) atoms. The molecule has 1 saturated heterocycles. The number of hydrogen-bond acceptors (Lipinski definition) is 4. The Labute approximate surface area is 95.7 Å². The summed E-state index contributed by atoms with van der Waals surface area (Å²) in [4.78, 5) is 4.53. The molecule has 1 fully saturated rings. The SMILES string of the molecule is Cc1n[nH]c(C)c1N1CCN(CC#N)CC1. The van der Waals surface area contributed by atoms with Crippen molar-refractivity contribution in [2.75, 3.05) is 37.6 Å². The van der Waals surface area contributed by atoms with Gasteiger partial charge in [0.15, 0.2) is 0 Å².